The normalized spacial score (nSPS) is 32.0. The summed E-state index contributed by atoms with van der Waals surface area (Å²) in [6.45, 7) is 0.871. The number of benzene rings is 2. The number of aliphatic hydroxyl groups is 1. The molecule has 1 fully saturated rings. The molecular formula is C22H22N2O2. The minimum atomic E-state index is -0.880. The van der Waals surface area contributed by atoms with Crippen LogP contribution in [0, 0.1) is 0 Å². The van der Waals surface area contributed by atoms with Crippen LogP contribution >= 0.6 is 0 Å². The molecule has 6 rings (SSSR count). The van der Waals surface area contributed by atoms with E-state index >= 15 is 0 Å². The first-order valence-corrected chi connectivity index (χ1v) is 9.48. The molecule has 4 nitrogen and oxygen atoms in total. The molecule has 3 atom stereocenters. The highest BCUT2D eigenvalue weighted by atomic mass is 16.3. The number of piperidine rings is 1. The Balaban J connectivity index is 1.66. The van der Waals surface area contributed by atoms with Crippen LogP contribution < -0.4 is 5.32 Å². The van der Waals surface area contributed by atoms with Gasteiger partial charge in [-0.25, -0.2) is 0 Å². The van der Waals surface area contributed by atoms with Crippen molar-refractivity contribution in [3.8, 4) is 5.75 Å². The lowest BCUT2D eigenvalue weighted by Crippen LogP contribution is -2.73. The van der Waals surface area contributed by atoms with E-state index in [9.17, 15) is 10.2 Å². The summed E-state index contributed by atoms with van der Waals surface area (Å²) < 4.78 is 0. The SMILES string of the molecule is Oc1cccc2c1C13CCNC(C2)C1(O)Cc1c([nH]c2ccccc12)C3. The van der Waals surface area contributed by atoms with Crippen molar-refractivity contribution in [3.63, 3.8) is 0 Å². The molecule has 2 aromatic carbocycles. The van der Waals surface area contributed by atoms with Gasteiger partial charge >= 0.3 is 0 Å². The molecule has 3 aromatic rings. The Labute approximate surface area is 151 Å². The predicted octanol–water partition coefficient (Wildman–Crippen LogP) is 2.56. The van der Waals surface area contributed by atoms with E-state index in [0.29, 0.717) is 12.2 Å². The summed E-state index contributed by atoms with van der Waals surface area (Å²) in [6, 6.07) is 14.2. The van der Waals surface area contributed by atoms with E-state index in [4.69, 9.17) is 0 Å². The Morgan fingerprint density at radius 3 is 2.85 bits per heavy atom. The lowest BCUT2D eigenvalue weighted by molar-refractivity contribution is -0.106. The van der Waals surface area contributed by atoms with Gasteiger partial charge in [-0.3, -0.25) is 0 Å². The smallest absolute Gasteiger partial charge is 0.119 e. The van der Waals surface area contributed by atoms with Crippen LogP contribution in [0.25, 0.3) is 10.9 Å². The van der Waals surface area contributed by atoms with Gasteiger partial charge in [0.2, 0.25) is 0 Å². The van der Waals surface area contributed by atoms with Gasteiger partial charge < -0.3 is 20.5 Å². The van der Waals surface area contributed by atoms with Gasteiger partial charge in [-0.2, -0.15) is 0 Å². The lowest BCUT2D eigenvalue weighted by Gasteiger charge is -2.60. The second-order valence-electron chi connectivity index (χ2n) is 8.26. The number of hydrogen-bond donors (Lipinski definition) is 4. The molecule has 4 heteroatoms. The molecule has 1 aromatic heterocycles. The third kappa shape index (κ3) is 1.58. The van der Waals surface area contributed by atoms with Gasteiger partial charge in [0, 0.05) is 46.5 Å². The van der Waals surface area contributed by atoms with Crippen LogP contribution in [-0.4, -0.2) is 33.4 Å². The van der Waals surface area contributed by atoms with Crippen molar-refractivity contribution in [3.05, 3.63) is 64.8 Å². The Morgan fingerprint density at radius 1 is 1.04 bits per heavy atom. The number of para-hydroxylation sites is 1. The molecular weight excluding hydrogens is 324 g/mol. The zero-order valence-electron chi connectivity index (χ0n) is 14.5. The minimum Gasteiger partial charge on any atom is -0.508 e. The second kappa shape index (κ2) is 4.70. The molecule has 1 saturated heterocycles. The van der Waals surface area contributed by atoms with Gasteiger partial charge in [-0.15, -0.1) is 0 Å². The number of aromatic amines is 1. The van der Waals surface area contributed by atoms with Crippen molar-refractivity contribution in [2.45, 2.75) is 42.7 Å². The quantitative estimate of drug-likeness (QED) is 0.506. The van der Waals surface area contributed by atoms with E-state index in [2.05, 4.69) is 34.6 Å². The highest BCUT2D eigenvalue weighted by molar-refractivity contribution is 5.85. The molecule has 3 unspecified atom stereocenters. The fourth-order valence-corrected chi connectivity index (χ4v) is 6.09. The molecule has 0 amide bonds. The van der Waals surface area contributed by atoms with Crippen molar-refractivity contribution in [1.82, 2.24) is 10.3 Å². The van der Waals surface area contributed by atoms with E-state index in [1.807, 2.05) is 12.1 Å². The molecule has 1 aliphatic heterocycles. The maximum atomic E-state index is 12.1. The number of phenols is 1. The fourth-order valence-electron chi connectivity index (χ4n) is 6.09. The van der Waals surface area contributed by atoms with Crippen LogP contribution in [0.4, 0.5) is 0 Å². The van der Waals surface area contributed by atoms with Gasteiger partial charge in [0.25, 0.3) is 0 Å². The third-order valence-electron chi connectivity index (χ3n) is 7.21. The Morgan fingerprint density at radius 2 is 1.92 bits per heavy atom. The number of H-pyrrole nitrogens is 1. The average molecular weight is 346 g/mol. The van der Waals surface area contributed by atoms with Crippen molar-refractivity contribution < 1.29 is 10.2 Å². The Hall–Kier alpha value is -2.30. The van der Waals surface area contributed by atoms with Gasteiger partial charge in [0.15, 0.2) is 0 Å². The molecule has 2 heterocycles. The largest absolute Gasteiger partial charge is 0.508 e. The van der Waals surface area contributed by atoms with Crippen LogP contribution in [0.5, 0.6) is 5.75 Å². The number of aromatic nitrogens is 1. The van der Waals surface area contributed by atoms with Gasteiger partial charge in [-0.05, 0) is 42.6 Å². The first-order valence-electron chi connectivity index (χ1n) is 9.48. The van der Waals surface area contributed by atoms with Crippen LogP contribution in [0.3, 0.4) is 0 Å². The molecule has 4 N–H and O–H groups in total. The summed E-state index contributed by atoms with van der Waals surface area (Å²) in [5, 5.41) is 27.6. The summed E-state index contributed by atoms with van der Waals surface area (Å²) in [6.07, 6.45) is 2.97. The number of aromatic hydroxyl groups is 1. The highest BCUT2D eigenvalue weighted by Gasteiger charge is 2.63. The summed E-state index contributed by atoms with van der Waals surface area (Å²) in [5.41, 5.74) is 4.43. The van der Waals surface area contributed by atoms with Crippen molar-refractivity contribution in [2.75, 3.05) is 6.54 Å². The molecule has 26 heavy (non-hydrogen) atoms. The Bertz CT molecular complexity index is 1060. The maximum absolute atomic E-state index is 12.1. The van der Waals surface area contributed by atoms with Crippen molar-refractivity contribution in [2.24, 2.45) is 0 Å². The summed E-state index contributed by atoms with van der Waals surface area (Å²) in [5.74, 6) is 0.334. The predicted molar refractivity (Wildman–Crippen MR) is 101 cm³/mol. The standard InChI is InChI=1S/C22H22N2O2/c25-18-7-3-4-13-10-19-22(26)11-15-14-5-1-2-6-16(14)24-17(15)12-21(22,20(13)18)8-9-23-19/h1-7,19,23-26H,8-12H2. The van der Waals surface area contributed by atoms with Crippen molar-refractivity contribution >= 4 is 10.9 Å². The van der Waals surface area contributed by atoms with E-state index in [0.717, 1.165) is 36.9 Å². The van der Waals surface area contributed by atoms with Crippen LogP contribution in [0.1, 0.15) is 28.8 Å². The van der Waals surface area contributed by atoms with E-state index in [-0.39, 0.29) is 6.04 Å². The number of phenolic OH excluding ortho intramolecular Hbond substituents is 1. The highest BCUT2D eigenvalue weighted by Crippen LogP contribution is 2.57. The number of hydrogen-bond acceptors (Lipinski definition) is 3. The first-order chi connectivity index (χ1) is 12.6. The molecule has 3 aliphatic rings. The Kier molecular flexibility index (Phi) is 2.68. The monoisotopic (exact) mass is 346 g/mol. The summed E-state index contributed by atoms with van der Waals surface area (Å²) in [4.78, 5) is 3.60. The number of fused-ring (bicyclic) bond motifs is 4. The molecule has 132 valence electrons. The fraction of sp³-hybridized carbons (Fsp3) is 0.364. The van der Waals surface area contributed by atoms with Crippen LogP contribution in [-0.2, 0) is 24.7 Å². The van der Waals surface area contributed by atoms with Gasteiger partial charge in [0.1, 0.15) is 5.75 Å². The van der Waals surface area contributed by atoms with E-state index in [1.165, 1.54) is 22.2 Å². The zero-order valence-corrected chi connectivity index (χ0v) is 14.5. The van der Waals surface area contributed by atoms with Crippen molar-refractivity contribution in [1.29, 1.82) is 0 Å². The molecule has 0 radical (unpaired) electrons. The molecule has 0 saturated carbocycles. The number of nitrogens with one attached hydrogen (secondary N) is 2. The second-order valence-corrected chi connectivity index (χ2v) is 8.26. The average Bonchev–Trinajstić information content (AvgIpc) is 2.96. The number of rotatable bonds is 0. The molecule has 0 spiro atoms. The lowest BCUT2D eigenvalue weighted by atomic mass is 9.49. The topological polar surface area (TPSA) is 68.3 Å². The summed E-state index contributed by atoms with van der Waals surface area (Å²) in [7, 11) is 0. The van der Waals surface area contributed by atoms with E-state index < -0.39 is 11.0 Å². The van der Waals surface area contributed by atoms with E-state index in [1.54, 1.807) is 6.07 Å². The molecule has 2 aliphatic carbocycles. The van der Waals surface area contributed by atoms with Gasteiger partial charge in [-0.1, -0.05) is 30.3 Å². The summed E-state index contributed by atoms with van der Waals surface area (Å²) >= 11 is 0. The maximum Gasteiger partial charge on any atom is 0.119 e. The van der Waals surface area contributed by atoms with Crippen LogP contribution in [0.2, 0.25) is 0 Å². The third-order valence-corrected chi connectivity index (χ3v) is 7.21. The van der Waals surface area contributed by atoms with Gasteiger partial charge in [0.05, 0.1) is 5.60 Å². The molecule has 2 bridgehead atoms. The zero-order chi connectivity index (χ0) is 17.5. The van der Waals surface area contributed by atoms with Crippen LogP contribution in [0.15, 0.2) is 42.5 Å². The first kappa shape index (κ1) is 14.8. The minimum absolute atomic E-state index is 0.0207.